The molecule has 0 amide bonds. The van der Waals surface area contributed by atoms with Crippen LogP contribution in [0.4, 0.5) is 0 Å². The number of benzene rings is 2. The Morgan fingerprint density at radius 2 is 1.74 bits per heavy atom. The number of fused-ring (bicyclic) bond motifs is 1. The van der Waals surface area contributed by atoms with Gasteiger partial charge in [-0.25, -0.2) is 9.97 Å². The van der Waals surface area contributed by atoms with Crippen molar-refractivity contribution in [3.8, 4) is 34.1 Å². The molecule has 10 heteroatoms. The van der Waals surface area contributed by atoms with Crippen molar-refractivity contribution < 1.29 is 9.47 Å². The maximum Gasteiger partial charge on any atom is 0.214 e. The first-order valence-corrected chi connectivity index (χ1v) is 13.1. The highest BCUT2D eigenvalue weighted by atomic mass is 32.1. The van der Waals surface area contributed by atoms with E-state index in [2.05, 4.69) is 56.8 Å². The summed E-state index contributed by atoms with van der Waals surface area (Å²) in [5.74, 6) is 1.75. The van der Waals surface area contributed by atoms with Crippen LogP contribution in [0.2, 0.25) is 0 Å². The molecule has 6 rings (SSSR count). The van der Waals surface area contributed by atoms with Crippen molar-refractivity contribution in [3.63, 3.8) is 0 Å². The number of hydrogen-bond acceptors (Lipinski definition) is 9. The summed E-state index contributed by atoms with van der Waals surface area (Å²) in [7, 11) is 0. The van der Waals surface area contributed by atoms with Gasteiger partial charge in [-0.05, 0) is 34.4 Å². The van der Waals surface area contributed by atoms with E-state index >= 15 is 0 Å². The number of hydrogen-bond donors (Lipinski definition) is 1. The molecule has 188 valence electrons. The van der Waals surface area contributed by atoms with E-state index in [4.69, 9.17) is 19.4 Å². The molecule has 0 aliphatic carbocycles. The molecule has 0 atom stereocenters. The minimum atomic E-state index is 0.362. The summed E-state index contributed by atoms with van der Waals surface area (Å²) in [5.41, 5.74) is 9.08. The lowest BCUT2D eigenvalue weighted by Crippen LogP contribution is -2.02. The van der Waals surface area contributed by atoms with Crippen LogP contribution in [0.1, 0.15) is 23.9 Å². The van der Waals surface area contributed by atoms with E-state index in [-0.39, 0.29) is 0 Å². The molecule has 0 unspecified atom stereocenters. The van der Waals surface area contributed by atoms with Gasteiger partial charge in [0.05, 0.1) is 16.7 Å². The van der Waals surface area contributed by atoms with Gasteiger partial charge in [0.1, 0.15) is 24.5 Å². The first kappa shape index (κ1) is 23.7. The van der Waals surface area contributed by atoms with Crippen molar-refractivity contribution >= 4 is 22.4 Å². The van der Waals surface area contributed by atoms with Gasteiger partial charge in [-0.1, -0.05) is 55.5 Å². The lowest BCUT2D eigenvalue weighted by molar-refractivity contribution is 0.289. The third-order valence-corrected chi connectivity index (χ3v) is 6.67. The Bertz CT molecular complexity index is 1650. The zero-order chi connectivity index (χ0) is 25.7. The highest BCUT2D eigenvalue weighted by Gasteiger charge is 2.13. The third kappa shape index (κ3) is 5.07. The second kappa shape index (κ2) is 10.7. The first-order valence-electron chi connectivity index (χ1n) is 12.1. The van der Waals surface area contributed by atoms with Crippen LogP contribution < -0.4 is 9.47 Å². The van der Waals surface area contributed by atoms with Crippen LogP contribution in [0.5, 0.6) is 11.6 Å². The Morgan fingerprint density at radius 3 is 2.50 bits per heavy atom. The topological polar surface area (TPSA) is 112 Å². The number of rotatable bonds is 9. The van der Waals surface area contributed by atoms with Gasteiger partial charge in [-0.15, -0.1) is 21.5 Å². The highest BCUT2D eigenvalue weighted by molar-refractivity contribution is 7.07. The normalized spacial score (nSPS) is 11.1. The standard InChI is InChI=1S/C28H23N7O2S/c1-2-20-13-25(27-24(30-20)11-12-26(31-27)37-15-21-16-38-17-29-21)36-14-18-7-9-19(10-8-18)22-5-3-4-6-23(22)28-32-34-35-33-28/h3-13,16-17H,2,14-15H2,1H3,(H,32,33,34,35). The summed E-state index contributed by atoms with van der Waals surface area (Å²) in [6.45, 7) is 2.82. The average Bonchev–Trinajstić information content (AvgIpc) is 3.70. The lowest BCUT2D eigenvalue weighted by Gasteiger charge is -2.12. The number of nitrogens with zero attached hydrogens (tertiary/aromatic N) is 6. The van der Waals surface area contributed by atoms with E-state index in [1.54, 1.807) is 5.51 Å². The van der Waals surface area contributed by atoms with Crippen LogP contribution in [0.25, 0.3) is 33.5 Å². The van der Waals surface area contributed by atoms with Crippen molar-refractivity contribution in [2.75, 3.05) is 0 Å². The maximum absolute atomic E-state index is 6.28. The summed E-state index contributed by atoms with van der Waals surface area (Å²) < 4.78 is 12.1. The SMILES string of the molecule is CCc1cc(OCc2ccc(-c3ccccc3-c3nn[nH]n3)cc2)c2nc(OCc3cscn3)ccc2n1. The summed E-state index contributed by atoms with van der Waals surface area (Å²) in [6.07, 6.45) is 0.795. The number of pyridine rings is 2. The second-order valence-electron chi connectivity index (χ2n) is 8.52. The molecule has 0 fully saturated rings. The molecule has 0 radical (unpaired) electrons. The minimum Gasteiger partial charge on any atom is -0.486 e. The predicted octanol–water partition coefficient (Wildman–Crippen LogP) is 5.65. The van der Waals surface area contributed by atoms with Crippen LogP contribution in [0.15, 0.2) is 77.6 Å². The van der Waals surface area contributed by atoms with Gasteiger partial charge in [0, 0.05) is 28.8 Å². The van der Waals surface area contributed by atoms with Gasteiger partial charge in [0.2, 0.25) is 11.7 Å². The number of H-pyrrole nitrogens is 1. The van der Waals surface area contributed by atoms with Gasteiger partial charge in [0.15, 0.2) is 0 Å². The Kier molecular flexibility index (Phi) is 6.69. The zero-order valence-corrected chi connectivity index (χ0v) is 21.4. The predicted molar refractivity (Wildman–Crippen MR) is 145 cm³/mol. The highest BCUT2D eigenvalue weighted by Crippen LogP contribution is 2.31. The molecule has 38 heavy (non-hydrogen) atoms. The molecule has 0 aliphatic rings. The monoisotopic (exact) mass is 521 g/mol. The fraction of sp³-hybridized carbons (Fsp3) is 0.143. The quantitative estimate of drug-likeness (QED) is 0.260. The van der Waals surface area contributed by atoms with Gasteiger partial charge in [-0.3, -0.25) is 4.98 Å². The van der Waals surface area contributed by atoms with Crippen molar-refractivity contribution in [3.05, 3.63) is 94.6 Å². The summed E-state index contributed by atoms with van der Waals surface area (Å²) in [5, 5.41) is 16.4. The van der Waals surface area contributed by atoms with Crippen molar-refractivity contribution in [2.45, 2.75) is 26.6 Å². The van der Waals surface area contributed by atoms with Crippen molar-refractivity contribution in [1.82, 2.24) is 35.6 Å². The molecule has 0 spiro atoms. The molecule has 0 aliphatic heterocycles. The molecule has 1 N–H and O–H groups in total. The molecule has 0 saturated heterocycles. The largest absolute Gasteiger partial charge is 0.486 e. The molecular weight excluding hydrogens is 498 g/mol. The maximum atomic E-state index is 6.28. The molecule has 6 aromatic rings. The van der Waals surface area contributed by atoms with Crippen LogP contribution in [-0.2, 0) is 19.6 Å². The summed E-state index contributed by atoms with van der Waals surface area (Å²) in [6, 6.07) is 22.0. The molecular formula is C28H23N7O2S. The molecule has 4 aromatic heterocycles. The number of aromatic nitrogens is 7. The van der Waals surface area contributed by atoms with Gasteiger partial charge >= 0.3 is 0 Å². The zero-order valence-electron chi connectivity index (χ0n) is 20.5. The number of thiazole rings is 1. The molecule has 0 saturated carbocycles. The molecule has 4 heterocycles. The molecule has 9 nitrogen and oxygen atoms in total. The Hall–Kier alpha value is -4.70. The fourth-order valence-electron chi connectivity index (χ4n) is 4.09. The van der Waals surface area contributed by atoms with Crippen LogP contribution in [0, 0.1) is 0 Å². The Morgan fingerprint density at radius 1 is 0.868 bits per heavy atom. The number of aromatic amines is 1. The van der Waals surface area contributed by atoms with E-state index in [1.165, 1.54) is 11.3 Å². The van der Waals surface area contributed by atoms with E-state index in [0.717, 1.165) is 45.6 Å². The van der Waals surface area contributed by atoms with Gasteiger partial charge in [0.25, 0.3) is 0 Å². The second-order valence-corrected chi connectivity index (χ2v) is 9.24. The number of nitrogens with one attached hydrogen (secondary N) is 1. The van der Waals surface area contributed by atoms with Crippen molar-refractivity contribution in [2.24, 2.45) is 0 Å². The van der Waals surface area contributed by atoms with Crippen LogP contribution >= 0.6 is 11.3 Å². The van der Waals surface area contributed by atoms with Gasteiger partial charge in [-0.2, -0.15) is 5.21 Å². The van der Waals surface area contributed by atoms with Crippen molar-refractivity contribution in [1.29, 1.82) is 0 Å². The van der Waals surface area contributed by atoms with E-state index < -0.39 is 0 Å². The van der Waals surface area contributed by atoms with E-state index in [1.807, 2.05) is 47.8 Å². The van der Waals surface area contributed by atoms with E-state index in [9.17, 15) is 0 Å². The molecule has 2 aromatic carbocycles. The van der Waals surface area contributed by atoms with Crippen LogP contribution in [0.3, 0.4) is 0 Å². The third-order valence-electron chi connectivity index (χ3n) is 6.03. The lowest BCUT2D eigenvalue weighted by atomic mass is 9.98. The Balaban J connectivity index is 1.22. The smallest absolute Gasteiger partial charge is 0.214 e. The summed E-state index contributed by atoms with van der Waals surface area (Å²) in [4.78, 5) is 13.7. The molecule has 0 bridgehead atoms. The van der Waals surface area contributed by atoms with Gasteiger partial charge < -0.3 is 9.47 Å². The first-order chi connectivity index (χ1) is 18.8. The van der Waals surface area contributed by atoms with Crippen LogP contribution in [-0.4, -0.2) is 35.6 Å². The van der Waals surface area contributed by atoms with E-state index in [0.29, 0.717) is 36.2 Å². The number of ether oxygens (including phenoxy) is 2. The Labute approximate surface area is 222 Å². The number of aryl methyl sites for hydroxylation is 1. The summed E-state index contributed by atoms with van der Waals surface area (Å²) >= 11 is 1.54. The number of tetrazole rings is 1. The fourth-order valence-corrected chi connectivity index (χ4v) is 4.63. The average molecular weight is 522 g/mol. The minimum absolute atomic E-state index is 0.362.